The van der Waals surface area contributed by atoms with Gasteiger partial charge >= 0.3 is 0 Å². The highest BCUT2D eigenvalue weighted by molar-refractivity contribution is 6.31. The number of hydrogen-bond acceptors (Lipinski definition) is 2. The number of rotatable bonds is 5. The molecule has 2 rings (SSSR count). The van der Waals surface area contributed by atoms with Gasteiger partial charge in [-0.15, -0.1) is 0 Å². The summed E-state index contributed by atoms with van der Waals surface area (Å²) in [4.78, 5) is 12.0. The van der Waals surface area contributed by atoms with Crippen LogP contribution in [0.15, 0.2) is 18.2 Å². The Balaban J connectivity index is 1.78. The molecule has 1 aliphatic rings. The maximum atomic E-state index is 12.0. The van der Waals surface area contributed by atoms with Gasteiger partial charge in [0.1, 0.15) is 0 Å². The van der Waals surface area contributed by atoms with Gasteiger partial charge in [0.2, 0.25) is 5.91 Å². The van der Waals surface area contributed by atoms with Crippen molar-refractivity contribution >= 4 is 23.2 Å². The molecule has 116 valence electrons. The summed E-state index contributed by atoms with van der Waals surface area (Å²) in [7, 11) is 0. The summed E-state index contributed by atoms with van der Waals surface area (Å²) in [6.07, 6.45) is 6.49. The topological polar surface area (TPSA) is 41.1 Å². The molecular formula is C17H25ClN2O. The Morgan fingerprint density at radius 3 is 2.71 bits per heavy atom. The first-order valence-corrected chi connectivity index (χ1v) is 8.13. The molecule has 0 saturated heterocycles. The van der Waals surface area contributed by atoms with Crippen LogP contribution in [0.3, 0.4) is 0 Å². The van der Waals surface area contributed by atoms with E-state index < -0.39 is 0 Å². The molecule has 0 heterocycles. The number of nitrogens with one attached hydrogen (secondary N) is 2. The van der Waals surface area contributed by atoms with E-state index in [-0.39, 0.29) is 5.91 Å². The fourth-order valence-electron chi connectivity index (χ4n) is 2.98. The van der Waals surface area contributed by atoms with Crippen molar-refractivity contribution in [1.29, 1.82) is 0 Å². The second-order valence-corrected chi connectivity index (χ2v) is 6.92. The molecule has 4 heteroatoms. The number of carbonyl (C=O) groups is 1. The Morgan fingerprint density at radius 1 is 1.29 bits per heavy atom. The summed E-state index contributed by atoms with van der Waals surface area (Å²) in [5, 5.41) is 6.86. The van der Waals surface area contributed by atoms with Gasteiger partial charge in [-0.2, -0.15) is 0 Å². The van der Waals surface area contributed by atoms with E-state index in [2.05, 4.69) is 17.6 Å². The van der Waals surface area contributed by atoms with Gasteiger partial charge in [0.15, 0.2) is 0 Å². The summed E-state index contributed by atoms with van der Waals surface area (Å²) in [6.45, 7) is 5.54. The zero-order chi connectivity index (χ0) is 15.3. The van der Waals surface area contributed by atoms with Crippen molar-refractivity contribution in [2.24, 2.45) is 5.41 Å². The lowest BCUT2D eigenvalue weighted by Crippen LogP contribution is -2.37. The number of halogens is 1. The van der Waals surface area contributed by atoms with E-state index >= 15 is 0 Å². The van der Waals surface area contributed by atoms with Gasteiger partial charge in [-0.3, -0.25) is 4.79 Å². The monoisotopic (exact) mass is 308 g/mol. The summed E-state index contributed by atoms with van der Waals surface area (Å²) < 4.78 is 0. The number of aryl methyl sites for hydroxylation is 1. The maximum absolute atomic E-state index is 12.0. The number of carbonyl (C=O) groups excluding carboxylic acids is 1. The predicted molar refractivity (Wildman–Crippen MR) is 88.9 cm³/mol. The van der Waals surface area contributed by atoms with Gasteiger partial charge in [-0.05, 0) is 42.9 Å². The molecule has 3 nitrogen and oxygen atoms in total. The first kappa shape index (κ1) is 16.3. The minimum atomic E-state index is -0.0141. The van der Waals surface area contributed by atoms with Crippen LogP contribution in [0.5, 0.6) is 0 Å². The Hall–Kier alpha value is -1.06. The van der Waals surface area contributed by atoms with Crippen molar-refractivity contribution < 1.29 is 4.79 Å². The minimum Gasteiger partial charge on any atom is -0.325 e. The second-order valence-electron chi connectivity index (χ2n) is 6.48. The Morgan fingerprint density at radius 2 is 2.00 bits per heavy atom. The number of hydrogen-bond donors (Lipinski definition) is 2. The van der Waals surface area contributed by atoms with Crippen LogP contribution >= 0.6 is 11.6 Å². The van der Waals surface area contributed by atoms with Crippen molar-refractivity contribution in [2.75, 3.05) is 18.4 Å². The molecule has 0 bridgehead atoms. The van der Waals surface area contributed by atoms with Crippen LogP contribution in [-0.4, -0.2) is 19.0 Å². The van der Waals surface area contributed by atoms with E-state index in [1.165, 1.54) is 32.1 Å². The van der Waals surface area contributed by atoms with E-state index in [1.54, 1.807) is 6.07 Å². The molecule has 1 saturated carbocycles. The van der Waals surface area contributed by atoms with Crippen LogP contribution in [0.4, 0.5) is 5.69 Å². The van der Waals surface area contributed by atoms with Crippen molar-refractivity contribution in [3.05, 3.63) is 28.8 Å². The largest absolute Gasteiger partial charge is 0.325 e. The summed E-state index contributed by atoms with van der Waals surface area (Å²) in [6, 6.07) is 5.53. The van der Waals surface area contributed by atoms with Gasteiger partial charge < -0.3 is 10.6 Å². The predicted octanol–water partition coefficient (Wildman–Crippen LogP) is 4.15. The quantitative estimate of drug-likeness (QED) is 0.858. The minimum absolute atomic E-state index is 0.0141. The van der Waals surface area contributed by atoms with Crippen LogP contribution in [-0.2, 0) is 4.79 Å². The van der Waals surface area contributed by atoms with E-state index in [1.807, 2.05) is 19.1 Å². The van der Waals surface area contributed by atoms with Gasteiger partial charge in [-0.1, -0.05) is 43.9 Å². The first-order valence-electron chi connectivity index (χ1n) is 7.75. The number of benzene rings is 1. The molecule has 1 amide bonds. The van der Waals surface area contributed by atoms with Crippen LogP contribution in [0.2, 0.25) is 5.02 Å². The van der Waals surface area contributed by atoms with Crippen LogP contribution < -0.4 is 10.6 Å². The molecule has 0 unspecified atom stereocenters. The summed E-state index contributed by atoms with van der Waals surface area (Å²) >= 11 is 5.96. The average molecular weight is 309 g/mol. The summed E-state index contributed by atoms with van der Waals surface area (Å²) in [5.41, 5.74) is 2.16. The average Bonchev–Trinajstić information content (AvgIpc) is 2.43. The molecule has 0 radical (unpaired) electrons. The highest BCUT2D eigenvalue weighted by Crippen LogP contribution is 2.34. The van der Waals surface area contributed by atoms with Crippen molar-refractivity contribution in [3.63, 3.8) is 0 Å². The van der Waals surface area contributed by atoms with Gasteiger partial charge in [0.05, 0.1) is 6.54 Å². The maximum Gasteiger partial charge on any atom is 0.238 e. The van der Waals surface area contributed by atoms with Crippen molar-refractivity contribution in [3.8, 4) is 0 Å². The Bertz CT molecular complexity index is 496. The first-order chi connectivity index (χ1) is 9.98. The second kappa shape index (κ2) is 7.28. The van der Waals surface area contributed by atoms with Gasteiger partial charge in [-0.25, -0.2) is 0 Å². The Kier molecular flexibility index (Phi) is 5.65. The van der Waals surface area contributed by atoms with Gasteiger partial charge in [0.25, 0.3) is 0 Å². The molecule has 1 aliphatic carbocycles. The fourth-order valence-corrected chi connectivity index (χ4v) is 3.16. The third kappa shape index (κ3) is 5.01. The molecule has 0 atom stereocenters. The molecule has 2 N–H and O–H groups in total. The standard InChI is InChI=1S/C17H25ClN2O/c1-13-6-7-14(18)10-15(13)20-16(21)11-19-12-17(2)8-4-3-5-9-17/h6-7,10,19H,3-5,8-9,11-12H2,1-2H3,(H,20,21). The highest BCUT2D eigenvalue weighted by Gasteiger charge is 2.26. The molecule has 1 fully saturated rings. The molecule has 0 aromatic heterocycles. The molecular weight excluding hydrogens is 284 g/mol. The SMILES string of the molecule is Cc1ccc(Cl)cc1NC(=O)CNCC1(C)CCCCC1. The lowest BCUT2D eigenvalue weighted by atomic mass is 9.76. The van der Waals surface area contributed by atoms with Gasteiger partial charge in [0, 0.05) is 17.3 Å². The smallest absolute Gasteiger partial charge is 0.238 e. The van der Waals surface area contributed by atoms with Crippen LogP contribution in [0.25, 0.3) is 0 Å². The molecule has 21 heavy (non-hydrogen) atoms. The molecule has 1 aromatic carbocycles. The zero-order valence-corrected chi connectivity index (χ0v) is 13.7. The van der Waals surface area contributed by atoms with Crippen molar-refractivity contribution in [2.45, 2.75) is 46.0 Å². The number of anilines is 1. The lowest BCUT2D eigenvalue weighted by Gasteiger charge is -2.33. The number of amides is 1. The van der Waals surface area contributed by atoms with E-state index in [4.69, 9.17) is 11.6 Å². The normalized spacial score (nSPS) is 17.5. The third-order valence-electron chi connectivity index (χ3n) is 4.37. The molecule has 0 spiro atoms. The van der Waals surface area contributed by atoms with Crippen LogP contribution in [0, 0.1) is 12.3 Å². The fraction of sp³-hybridized carbons (Fsp3) is 0.588. The van der Waals surface area contributed by atoms with Crippen molar-refractivity contribution in [1.82, 2.24) is 5.32 Å². The third-order valence-corrected chi connectivity index (χ3v) is 4.61. The highest BCUT2D eigenvalue weighted by atomic mass is 35.5. The van der Waals surface area contributed by atoms with E-state index in [9.17, 15) is 4.79 Å². The Labute approximate surface area is 132 Å². The van der Waals surface area contributed by atoms with E-state index in [0.717, 1.165) is 17.8 Å². The molecule has 0 aliphatic heterocycles. The zero-order valence-electron chi connectivity index (χ0n) is 13.0. The van der Waals surface area contributed by atoms with E-state index in [0.29, 0.717) is 17.0 Å². The van der Waals surface area contributed by atoms with Crippen LogP contribution in [0.1, 0.15) is 44.6 Å². The molecule has 1 aromatic rings. The lowest BCUT2D eigenvalue weighted by molar-refractivity contribution is -0.115. The summed E-state index contributed by atoms with van der Waals surface area (Å²) in [5.74, 6) is -0.0141.